The van der Waals surface area contributed by atoms with Crippen molar-refractivity contribution in [2.75, 3.05) is 6.61 Å². The highest BCUT2D eigenvalue weighted by Gasteiger charge is 2.41. The molecule has 1 N–H and O–H groups in total. The largest absolute Gasteiger partial charge is 0.396 e. The molecule has 0 radical (unpaired) electrons. The molecule has 1 nitrogen and oxygen atoms in total. The molecule has 3 rings (SSSR count). The molecule has 1 aliphatic carbocycles. The van der Waals surface area contributed by atoms with E-state index in [-0.39, 0.29) is 12.0 Å². The van der Waals surface area contributed by atoms with Crippen LogP contribution >= 0.6 is 23.2 Å². The zero-order chi connectivity index (χ0) is 14.3. The van der Waals surface area contributed by atoms with Gasteiger partial charge in [0.05, 0.1) is 0 Å². The van der Waals surface area contributed by atoms with E-state index in [0.29, 0.717) is 6.42 Å². The Morgan fingerprint density at radius 3 is 1.85 bits per heavy atom. The minimum Gasteiger partial charge on any atom is -0.396 e. The molecule has 2 aromatic carbocycles. The lowest BCUT2D eigenvalue weighted by Gasteiger charge is -2.30. The van der Waals surface area contributed by atoms with Crippen LogP contribution in [0.25, 0.3) is 11.1 Å². The molecule has 0 aromatic heterocycles. The first-order chi connectivity index (χ1) is 9.62. The van der Waals surface area contributed by atoms with Gasteiger partial charge in [-0.25, -0.2) is 0 Å². The van der Waals surface area contributed by atoms with Gasteiger partial charge < -0.3 is 5.11 Å². The minimum absolute atomic E-state index is 0.145. The summed E-state index contributed by atoms with van der Waals surface area (Å²) in [6.45, 7) is 2.29. The average molecular weight is 307 g/mol. The zero-order valence-electron chi connectivity index (χ0n) is 11.3. The molecule has 0 amide bonds. The predicted octanol–water partition coefficient (Wildman–Crippen LogP) is 5.05. The first kappa shape index (κ1) is 13.9. The van der Waals surface area contributed by atoms with E-state index in [1.165, 1.54) is 22.3 Å². The van der Waals surface area contributed by atoms with Crippen LogP contribution in [0, 0.1) is 0 Å². The van der Waals surface area contributed by atoms with Crippen LogP contribution in [-0.2, 0) is 5.41 Å². The highest BCUT2D eigenvalue weighted by molar-refractivity contribution is 6.31. The van der Waals surface area contributed by atoms with E-state index in [2.05, 4.69) is 19.1 Å². The molecule has 0 atom stereocenters. The summed E-state index contributed by atoms with van der Waals surface area (Å²) in [5, 5.41) is 11.0. The molecule has 0 saturated heterocycles. The molecule has 0 spiro atoms. The van der Waals surface area contributed by atoms with Crippen LogP contribution in [0.4, 0.5) is 0 Å². The first-order valence-corrected chi connectivity index (χ1v) is 7.59. The van der Waals surface area contributed by atoms with Crippen LogP contribution in [0.1, 0.15) is 30.9 Å². The van der Waals surface area contributed by atoms with Crippen molar-refractivity contribution in [1.82, 2.24) is 0 Å². The van der Waals surface area contributed by atoms with E-state index in [9.17, 15) is 5.11 Å². The van der Waals surface area contributed by atoms with Crippen molar-refractivity contribution < 1.29 is 5.11 Å². The molecule has 104 valence electrons. The molecule has 0 aliphatic heterocycles. The van der Waals surface area contributed by atoms with Crippen molar-refractivity contribution >= 4 is 23.2 Å². The van der Waals surface area contributed by atoms with Crippen molar-refractivity contribution in [1.29, 1.82) is 0 Å². The second-order valence-corrected chi connectivity index (χ2v) is 6.16. The quantitative estimate of drug-likeness (QED) is 0.841. The predicted molar refractivity (Wildman–Crippen MR) is 84.7 cm³/mol. The van der Waals surface area contributed by atoms with Gasteiger partial charge in [-0.1, -0.05) is 42.3 Å². The summed E-state index contributed by atoms with van der Waals surface area (Å²) in [6.07, 6.45) is 1.60. The lowest BCUT2D eigenvalue weighted by atomic mass is 9.73. The zero-order valence-corrected chi connectivity index (χ0v) is 12.8. The van der Waals surface area contributed by atoms with Gasteiger partial charge in [-0.05, 0) is 59.4 Å². The number of hydrogen-bond donors (Lipinski definition) is 1. The third-order valence-corrected chi connectivity index (χ3v) is 4.90. The summed E-state index contributed by atoms with van der Waals surface area (Å²) in [6, 6.07) is 12.0. The number of halogens is 2. The molecular weight excluding hydrogens is 291 g/mol. The first-order valence-electron chi connectivity index (χ1n) is 6.83. The number of fused-ring (bicyclic) bond motifs is 3. The highest BCUT2D eigenvalue weighted by Crippen LogP contribution is 2.53. The molecule has 0 unspecified atom stereocenters. The van der Waals surface area contributed by atoms with E-state index in [4.69, 9.17) is 23.2 Å². The van der Waals surface area contributed by atoms with Gasteiger partial charge in [0, 0.05) is 22.1 Å². The number of benzene rings is 2. The molecule has 0 fully saturated rings. The fraction of sp³-hybridized carbons (Fsp3) is 0.294. The summed E-state index contributed by atoms with van der Waals surface area (Å²) in [5.41, 5.74) is 4.64. The molecule has 1 aliphatic rings. The fourth-order valence-electron chi connectivity index (χ4n) is 3.46. The number of aliphatic hydroxyl groups excluding tert-OH is 1. The van der Waals surface area contributed by atoms with Crippen LogP contribution in [0.5, 0.6) is 0 Å². The van der Waals surface area contributed by atoms with Gasteiger partial charge >= 0.3 is 0 Å². The van der Waals surface area contributed by atoms with Gasteiger partial charge in [0.1, 0.15) is 0 Å². The summed E-state index contributed by atoms with van der Waals surface area (Å²) >= 11 is 12.4. The van der Waals surface area contributed by atoms with E-state index >= 15 is 0 Å². The van der Waals surface area contributed by atoms with Crippen molar-refractivity contribution in [2.45, 2.75) is 25.2 Å². The Hall–Kier alpha value is -1.02. The SMILES string of the molecule is CCC1(CCO)c2cc(Cl)ccc2-c2ccc(Cl)cc21. The van der Waals surface area contributed by atoms with Gasteiger partial charge in [-0.15, -0.1) is 0 Å². The Kier molecular flexibility index (Phi) is 3.53. The van der Waals surface area contributed by atoms with Crippen LogP contribution in [0.2, 0.25) is 10.0 Å². The van der Waals surface area contributed by atoms with Gasteiger partial charge in [0.15, 0.2) is 0 Å². The third kappa shape index (κ3) is 1.88. The Morgan fingerprint density at radius 1 is 0.950 bits per heavy atom. The van der Waals surface area contributed by atoms with Crippen molar-refractivity contribution in [3.8, 4) is 11.1 Å². The van der Waals surface area contributed by atoms with Crippen molar-refractivity contribution in [2.24, 2.45) is 0 Å². The number of rotatable bonds is 3. The van der Waals surface area contributed by atoms with Crippen LogP contribution < -0.4 is 0 Å². The molecule has 0 bridgehead atoms. The Morgan fingerprint density at radius 2 is 1.45 bits per heavy atom. The Balaban J connectivity index is 2.34. The summed E-state index contributed by atoms with van der Waals surface area (Å²) in [5.74, 6) is 0. The smallest absolute Gasteiger partial charge is 0.0442 e. The van der Waals surface area contributed by atoms with E-state index in [1.54, 1.807) is 0 Å². The number of aliphatic hydroxyl groups is 1. The lowest BCUT2D eigenvalue weighted by Crippen LogP contribution is -2.25. The molecule has 2 aromatic rings. The van der Waals surface area contributed by atoms with Crippen molar-refractivity contribution in [3.63, 3.8) is 0 Å². The monoisotopic (exact) mass is 306 g/mol. The molecule has 3 heteroatoms. The lowest BCUT2D eigenvalue weighted by molar-refractivity contribution is 0.252. The van der Waals surface area contributed by atoms with Crippen molar-refractivity contribution in [3.05, 3.63) is 57.6 Å². The van der Waals surface area contributed by atoms with E-state index in [0.717, 1.165) is 16.5 Å². The van der Waals surface area contributed by atoms with Gasteiger partial charge in [-0.2, -0.15) is 0 Å². The summed E-state index contributed by atoms with van der Waals surface area (Å²) < 4.78 is 0. The minimum atomic E-state index is -0.185. The van der Waals surface area contributed by atoms with Gasteiger partial charge in [0.25, 0.3) is 0 Å². The maximum atomic E-state index is 9.55. The van der Waals surface area contributed by atoms with Crippen LogP contribution in [0.15, 0.2) is 36.4 Å². The fourth-order valence-corrected chi connectivity index (χ4v) is 3.80. The summed E-state index contributed by atoms with van der Waals surface area (Å²) in [4.78, 5) is 0. The van der Waals surface area contributed by atoms with Crippen LogP contribution in [0.3, 0.4) is 0 Å². The second kappa shape index (κ2) is 5.07. The number of hydrogen-bond acceptors (Lipinski definition) is 1. The second-order valence-electron chi connectivity index (χ2n) is 5.29. The van der Waals surface area contributed by atoms with Crippen LogP contribution in [-0.4, -0.2) is 11.7 Å². The topological polar surface area (TPSA) is 20.2 Å². The molecule has 20 heavy (non-hydrogen) atoms. The standard InChI is InChI=1S/C17H16Cl2O/c1-2-17(7-8-20)15-9-11(18)3-5-13(15)14-6-4-12(19)10-16(14)17/h3-6,9-10,20H,2,7-8H2,1H3. The van der Waals surface area contributed by atoms with Gasteiger partial charge in [-0.3, -0.25) is 0 Å². The molecule has 0 saturated carbocycles. The van der Waals surface area contributed by atoms with E-state index < -0.39 is 0 Å². The van der Waals surface area contributed by atoms with E-state index in [1.807, 2.05) is 24.3 Å². The summed E-state index contributed by atoms with van der Waals surface area (Å²) in [7, 11) is 0. The molecular formula is C17H16Cl2O. The maximum Gasteiger partial charge on any atom is 0.0442 e. The average Bonchev–Trinajstić information content (AvgIpc) is 2.69. The molecule has 0 heterocycles. The Labute approximate surface area is 129 Å². The third-order valence-electron chi connectivity index (χ3n) is 4.43. The van der Waals surface area contributed by atoms with Gasteiger partial charge in [0.2, 0.25) is 0 Å². The Bertz CT molecular complexity index is 613. The maximum absolute atomic E-state index is 9.55. The normalized spacial score (nSPS) is 15.0. The highest BCUT2D eigenvalue weighted by atomic mass is 35.5.